The fourth-order valence-electron chi connectivity index (χ4n) is 6.26. The van der Waals surface area contributed by atoms with Crippen molar-refractivity contribution in [2.75, 3.05) is 19.7 Å². The molecule has 6 rings (SSSR count). The molecule has 2 amide bonds. The Kier molecular flexibility index (Phi) is 5.31. The minimum absolute atomic E-state index is 0.0457. The van der Waals surface area contributed by atoms with Crippen molar-refractivity contribution in [3.8, 4) is 11.1 Å². The molecule has 2 atom stereocenters. The molecule has 2 saturated carbocycles. The maximum absolute atomic E-state index is 13.4. The number of alkyl carbamates (subject to hydrolysis) is 1. The Morgan fingerprint density at radius 3 is 2.17 bits per heavy atom. The average molecular weight is 475 g/mol. The maximum Gasteiger partial charge on any atom is 0.407 e. The molecule has 3 fully saturated rings. The first-order chi connectivity index (χ1) is 17.0. The van der Waals surface area contributed by atoms with E-state index in [-0.39, 0.29) is 36.3 Å². The average Bonchev–Trinajstić information content (AvgIpc) is 3.37. The van der Waals surface area contributed by atoms with E-state index in [0.717, 1.165) is 54.4 Å². The van der Waals surface area contributed by atoms with Crippen LogP contribution in [0.5, 0.6) is 0 Å². The summed E-state index contributed by atoms with van der Waals surface area (Å²) >= 11 is 0. The van der Waals surface area contributed by atoms with Crippen molar-refractivity contribution in [1.82, 2.24) is 10.2 Å². The van der Waals surface area contributed by atoms with Gasteiger partial charge in [-0.05, 0) is 53.9 Å². The Balaban J connectivity index is 1.14. The van der Waals surface area contributed by atoms with Gasteiger partial charge in [0.1, 0.15) is 12.6 Å². The van der Waals surface area contributed by atoms with Crippen LogP contribution in [0.3, 0.4) is 0 Å². The van der Waals surface area contributed by atoms with Gasteiger partial charge in [-0.3, -0.25) is 9.59 Å². The second kappa shape index (κ2) is 8.40. The number of hydrogen-bond donors (Lipinski definition) is 2. The van der Waals surface area contributed by atoms with Crippen LogP contribution in [0, 0.1) is 17.3 Å². The molecule has 0 aromatic heterocycles. The highest BCUT2D eigenvalue weighted by atomic mass is 16.5. The van der Waals surface area contributed by atoms with Crippen molar-refractivity contribution >= 4 is 18.0 Å². The number of nitrogens with zero attached hydrogens (tertiary/aromatic N) is 1. The number of fused-ring (bicyclic) bond motifs is 3. The SMILES string of the molecule is O=C(NC(C(=O)N1CC(C(=O)O)C2(CC2)C1)C1CCC1)OCC1c2ccccc2-c2ccccc21. The van der Waals surface area contributed by atoms with E-state index in [4.69, 9.17) is 4.74 Å². The van der Waals surface area contributed by atoms with Crippen molar-refractivity contribution < 1.29 is 24.2 Å². The number of likely N-dealkylation sites (tertiary alicyclic amines) is 1. The molecule has 2 aromatic rings. The van der Waals surface area contributed by atoms with Crippen molar-refractivity contribution in [3.63, 3.8) is 0 Å². The fourth-order valence-corrected chi connectivity index (χ4v) is 6.26. The molecule has 2 aromatic carbocycles. The molecule has 1 saturated heterocycles. The lowest BCUT2D eigenvalue weighted by atomic mass is 9.79. The van der Waals surface area contributed by atoms with Gasteiger partial charge in [0.2, 0.25) is 5.91 Å². The van der Waals surface area contributed by atoms with Crippen LogP contribution in [-0.4, -0.2) is 53.7 Å². The predicted octanol–water partition coefficient (Wildman–Crippen LogP) is 4.02. The lowest BCUT2D eigenvalue weighted by Crippen LogP contribution is -2.53. The van der Waals surface area contributed by atoms with Gasteiger partial charge in [-0.2, -0.15) is 0 Å². The van der Waals surface area contributed by atoms with Gasteiger partial charge in [-0.15, -0.1) is 0 Å². The van der Waals surface area contributed by atoms with Gasteiger partial charge in [-0.25, -0.2) is 4.79 Å². The van der Waals surface area contributed by atoms with E-state index in [1.54, 1.807) is 4.90 Å². The highest BCUT2D eigenvalue weighted by Crippen LogP contribution is 2.56. The van der Waals surface area contributed by atoms with Crippen molar-refractivity contribution in [2.24, 2.45) is 17.3 Å². The molecule has 7 nitrogen and oxygen atoms in total. The van der Waals surface area contributed by atoms with Gasteiger partial charge in [0.25, 0.3) is 0 Å². The van der Waals surface area contributed by atoms with E-state index in [2.05, 4.69) is 29.6 Å². The monoisotopic (exact) mass is 474 g/mol. The number of rotatable bonds is 6. The largest absolute Gasteiger partial charge is 0.481 e. The van der Waals surface area contributed by atoms with Gasteiger partial charge in [0.15, 0.2) is 0 Å². The zero-order chi connectivity index (χ0) is 24.2. The van der Waals surface area contributed by atoms with Crippen LogP contribution in [0.1, 0.15) is 49.1 Å². The molecule has 1 spiro atoms. The summed E-state index contributed by atoms with van der Waals surface area (Å²) in [5, 5.41) is 12.5. The number of carbonyl (C=O) groups excluding carboxylic acids is 2. The molecule has 1 heterocycles. The van der Waals surface area contributed by atoms with Gasteiger partial charge >= 0.3 is 12.1 Å². The minimum atomic E-state index is -0.831. The first kappa shape index (κ1) is 22.1. The number of carboxylic acid groups (broad SMARTS) is 1. The first-order valence-electron chi connectivity index (χ1n) is 12.6. The molecule has 1 aliphatic heterocycles. The number of amides is 2. The van der Waals surface area contributed by atoms with Gasteiger partial charge in [0, 0.05) is 24.4 Å². The van der Waals surface area contributed by atoms with Crippen LogP contribution in [0.15, 0.2) is 48.5 Å². The van der Waals surface area contributed by atoms with E-state index in [9.17, 15) is 19.5 Å². The smallest absolute Gasteiger partial charge is 0.407 e. The number of hydrogen-bond acceptors (Lipinski definition) is 4. The Morgan fingerprint density at radius 1 is 1.03 bits per heavy atom. The second-order valence-corrected chi connectivity index (χ2v) is 10.6. The van der Waals surface area contributed by atoms with Crippen molar-refractivity contribution in [1.29, 1.82) is 0 Å². The molecule has 2 N–H and O–H groups in total. The summed E-state index contributed by atoms with van der Waals surface area (Å²) in [6.07, 6.45) is 3.89. The summed E-state index contributed by atoms with van der Waals surface area (Å²) in [6.45, 7) is 0.890. The third kappa shape index (κ3) is 3.77. The first-order valence-corrected chi connectivity index (χ1v) is 12.6. The summed E-state index contributed by atoms with van der Waals surface area (Å²) in [5.41, 5.74) is 4.33. The quantitative estimate of drug-likeness (QED) is 0.659. The van der Waals surface area contributed by atoms with E-state index in [1.165, 1.54) is 0 Å². The molecular weight excluding hydrogens is 444 g/mol. The third-order valence-corrected chi connectivity index (χ3v) is 8.65. The molecule has 3 aliphatic carbocycles. The zero-order valence-electron chi connectivity index (χ0n) is 19.6. The number of ether oxygens (including phenoxy) is 1. The standard InChI is InChI=1S/C28H30N2O5/c31-25(30-14-23(26(32)33)28(16-30)12-13-28)24(17-6-5-7-17)29-27(34)35-15-22-20-10-3-1-8-18(20)19-9-2-4-11-21(19)22/h1-4,8-11,17,22-24H,5-7,12-16H2,(H,29,34)(H,32,33). The topological polar surface area (TPSA) is 95.9 Å². The summed E-state index contributed by atoms with van der Waals surface area (Å²) in [4.78, 5) is 39.8. The summed E-state index contributed by atoms with van der Waals surface area (Å²) < 4.78 is 5.70. The van der Waals surface area contributed by atoms with Crippen LogP contribution >= 0.6 is 0 Å². The summed E-state index contributed by atoms with van der Waals surface area (Å²) in [5.74, 6) is -1.48. The second-order valence-electron chi connectivity index (χ2n) is 10.6. The summed E-state index contributed by atoms with van der Waals surface area (Å²) in [7, 11) is 0. The normalized spacial score (nSPS) is 22.7. The van der Waals surface area contributed by atoms with Gasteiger partial charge < -0.3 is 20.1 Å². The van der Waals surface area contributed by atoms with Crippen molar-refractivity contribution in [3.05, 3.63) is 59.7 Å². The van der Waals surface area contributed by atoms with E-state index >= 15 is 0 Å². The van der Waals surface area contributed by atoms with Crippen molar-refractivity contribution in [2.45, 2.75) is 44.1 Å². The highest BCUT2D eigenvalue weighted by Gasteiger charge is 2.59. The minimum Gasteiger partial charge on any atom is -0.481 e. The number of carbonyl (C=O) groups is 3. The van der Waals surface area contributed by atoms with Gasteiger partial charge in [0.05, 0.1) is 5.92 Å². The summed E-state index contributed by atoms with van der Waals surface area (Å²) in [6, 6.07) is 15.7. The van der Waals surface area contributed by atoms with Crippen LogP contribution in [-0.2, 0) is 14.3 Å². The molecular formula is C28H30N2O5. The number of carboxylic acids is 1. The van der Waals surface area contributed by atoms with Crippen LogP contribution in [0.4, 0.5) is 4.79 Å². The highest BCUT2D eigenvalue weighted by molar-refractivity contribution is 5.87. The molecule has 35 heavy (non-hydrogen) atoms. The Hall–Kier alpha value is -3.35. The van der Waals surface area contributed by atoms with Gasteiger partial charge in [-0.1, -0.05) is 55.0 Å². The Labute approximate surface area is 204 Å². The zero-order valence-corrected chi connectivity index (χ0v) is 19.6. The molecule has 7 heteroatoms. The predicted molar refractivity (Wildman–Crippen MR) is 129 cm³/mol. The van der Waals surface area contributed by atoms with E-state index in [0.29, 0.717) is 6.54 Å². The Bertz CT molecular complexity index is 1140. The molecule has 2 unspecified atom stereocenters. The van der Waals surface area contributed by atoms with Crippen LogP contribution < -0.4 is 5.32 Å². The molecule has 0 bridgehead atoms. The molecule has 0 radical (unpaired) electrons. The third-order valence-electron chi connectivity index (χ3n) is 8.65. The van der Waals surface area contributed by atoms with Crippen LogP contribution in [0.25, 0.3) is 11.1 Å². The maximum atomic E-state index is 13.4. The Morgan fingerprint density at radius 2 is 1.66 bits per heavy atom. The number of aliphatic carboxylic acids is 1. The lowest BCUT2D eigenvalue weighted by molar-refractivity contribution is -0.143. The van der Waals surface area contributed by atoms with E-state index in [1.807, 2.05) is 24.3 Å². The molecule has 4 aliphatic rings. The lowest BCUT2D eigenvalue weighted by Gasteiger charge is -2.35. The van der Waals surface area contributed by atoms with Crippen LogP contribution in [0.2, 0.25) is 0 Å². The van der Waals surface area contributed by atoms with E-state index < -0.39 is 24.0 Å². The number of benzene rings is 2. The number of nitrogens with one attached hydrogen (secondary N) is 1. The molecule has 182 valence electrons. The fraction of sp³-hybridized carbons (Fsp3) is 0.464.